The van der Waals surface area contributed by atoms with Crippen LogP contribution in [-0.4, -0.2) is 23.0 Å². The van der Waals surface area contributed by atoms with Crippen LogP contribution in [0.1, 0.15) is 48.2 Å². The monoisotopic (exact) mass is 323 g/mol. The molecule has 1 aromatic heterocycles. The zero-order chi connectivity index (χ0) is 16.7. The fourth-order valence-electron chi connectivity index (χ4n) is 4.68. The first kappa shape index (κ1) is 15.6. The SMILES string of the molecule is Cc1ccc2cccc(C(=O)NC3C4CCCC3CC(N)C4)c2n1. The van der Waals surface area contributed by atoms with E-state index < -0.39 is 0 Å². The average Bonchev–Trinajstić information content (AvgIpc) is 2.55. The van der Waals surface area contributed by atoms with Crippen LogP contribution in [0.4, 0.5) is 0 Å². The maximum absolute atomic E-state index is 13.0. The van der Waals surface area contributed by atoms with Crippen molar-refractivity contribution in [3.63, 3.8) is 0 Å². The number of aromatic nitrogens is 1. The smallest absolute Gasteiger partial charge is 0.253 e. The van der Waals surface area contributed by atoms with Crippen molar-refractivity contribution in [1.29, 1.82) is 0 Å². The van der Waals surface area contributed by atoms with Crippen molar-refractivity contribution in [2.45, 2.75) is 51.1 Å². The number of para-hydroxylation sites is 1. The lowest BCUT2D eigenvalue weighted by Crippen LogP contribution is -2.53. The van der Waals surface area contributed by atoms with Gasteiger partial charge in [-0.3, -0.25) is 9.78 Å². The number of fused-ring (bicyclic) bond motifs is 3. The van der Waals surface area contributed by atoms with Crippen molar-refractivity contribution in [1.82, 2.24) is 10.3 Å². The lowest BCUT2D eigenvalue weighted by molar-refractivity contribution is 0.0757. The molecule has 2 unspecified atom stereocenters. The van der Waals surface area contributed by atoms with Gasteiger partial charge in [-0.05, 0) is 56.6 Å². The molecule has 0 aliphatic heterocycles. The zero-order valence-corrected chi connectivity index (χ0v) is 14.2. The molecule has 2 fully saturated rings. The van der Waals surface area contributed by atoms with E-state index in [-0.39, 0.29) is 11.9 Å². The normalized spacial score (nSPS) is 29.4. The number of nitrogens with one attached hydrogen (secondary N) is 1. The molecule has 2 bridgehead atoms. The van der Waals surface area contributed by atoms with Crippen LogP contribution in [0.5, 0.6) is 0 Å². The molecule has 3 N–H and O–H groups in total. The van der Waals surface area contributed by atoms with E-state index in [2.05, 4.69) is 10.3 Å². The molecule has 126 valence electrons. The third kappa shape index (κ3) is 2.80. The quantitative estimate of drug-likeness (QED) is 0.892. The fraction of sp³-hybridized carbons (Fsp3) is 0.500. The van der Waals surface area contributed by atoms with E-state index >= 15 is 0 Å². The molecule has 2 aliphatic rings. The summed E-state index contributed by atoms with van der Waals surface area (Å²) < 4.78 is 0. The summed E-state index contributed by atoms with van der Waals surface area (Å²) in [7, 11) is 0. The fourth-order valence-corrected chi connectivity index (χ4v) is 4.68. The Labute approximate surface area is 142 Å². The predicted molar refractivity (Wildman–Crippen MR) is 95.8 cm³/mol. The van der Waals surface area contributed by atoms with Gasteiger partial charge in [0.15, 0.2) is 0 Å². The van der Waals surface area contributed by atoms with Crippen LogP contribution in [-0.2, 0) is 0 Å². The van der Waals surface area contributed by atoms with Gasteiger partial charge in [-0.15, -0.1) is 0 Å². The van der Waals surface area contributed by atoms with Gasteiger partial charge in [0.2, 0.25) is 0 Å². The van der Waals surface area contributed by atoms with Gasteiger partial charge in [-0.1, -0.05) is 24.6 Å². The summed E-state index contributed by atoms with van der Waals surface area (Å²) in [6.45, 7) is 1.96. The third-order valence-corrected chi connectivity index (χ3v) is 5.78. The minimum atomic E-state index is 0.0103. The molecule has 2 aliphatic carbocycles. The summed E-state index contributed by atoms with van der Waals surface area (Å²) in [6.07, 6.45) is 5.70. The lowest BCUT2D eigenvalue weighted by atomic mass is 9.67. The second kappa shape index (κ2) is 6.17. The highest BCUT2D eigenvalue weighted by atomic mass is 16.1. The molecule has 1 heterocycles. The summed E-state index contributed by atoms with van der Waals surface area (Å²) in [5.41, 5.74) is 8.61. The minimum Gasteiger partial charge on any atom is -0.349 e. The molecule has 0 radical (unpaired) electrons. The van der Waals surface area contributed by atoms with E-state index in [0.29, 0.717) is 23.4 Å². The van der Waals surface area contributed by atoms with Gasteiger partial charge in [-0.2, -0.15) is 0 Å². The molecule has 2 saturated carbocycles. The number of rotatable bonds is 2. The highest BCUT2D eigenvalue weighted by Crippen LogP contribution is 2.39. The Kier molecular flexibility index (Phi) is 4.01. The second-order valence-corrected chi connectivity index (χ2v) is 7.51. The molecule has 1 aromatic carbocycles. The largest absolute Gasteiger partial charge is 0.349 e. The first-order chi connectivity index (χ1) is 11.6. The predicted octanol–water partition coefficient (Wildman–Crippen LogP) is 3.18. The Balaban J connectivity index is 1.62. The van der Waals surface area contributed by atoms with E-state index in [4.69, 9.17) is 5.73 Å². The van der Waals surface area contributed by atoms with Crippen molar-refractivity contribution in [2.75, 3.05) is 0 Å². The molecule has 1 amide bonds. The van der Waals surface area contributed by atoms with Crippen molar-refractivity contribution in [3.8, 4) is 0 Å². The molecule has 4 nitrogen and oxygen atoms in total. The molecule has 4 rings (SSSR count). The van der Waals surface area contributed by atoms with Crippen LogP contribution in [0.3, 0.4) is 0 Å². The van der Waals surface area contributed by atoms with E-state index in [1.54, 1.807) is 0 Å². The van der Waals surface area contributed by atoms with Crippen molar-refractivity contribution in [2.24, 2.45) is 17.6 Å². The van der Waals surface area contributed by atoms with Crippen LogP contribution in [0.25, 0.3) is 10.9 Å². The average molecular weight is 323 g/mol. The number of carbonyl (C=O) groups is 1. The summed E-state index contributed by atoms with van der Waals surface area (Å²) in [4.78, 5) is 17.6. The molecule has 24 heavy (non-hydrogen) atoms. The van der Waals surface area contributed by atoms with E-state index in [1.807, 2.05) is 37.3 Å². The number of nitrogens with zero attached hydrogens (tertiary/aromatic N) is 1. The Morgan fingerprint density at radius 1 is 1.17 bits per heavy atom. The van der Waals surface area contributed by atoms with E-state index in [9.17, 15) is 4.79 Å². The van der Waals surface area contributed by atoms with Gasteiger partial charge in [0.25, 0.3) is 5.91 Å². The maximum Gasteiger partial charge on any atom is 0.253 e. The van der Waals surface area contributed by atoms with Gasteiger partial charge in [0.1, 0.15) is 0 Å². The van der Waals surface area contributed by atoms with Crippen LogP contribution in [0, 0.1) is 18.8 Å². The molecule has 0 spiro atoms. The van der Waals surface area contributed by atoms with Crippen LogP contribution in [0.2, 0.25) is 0 Å². The number of hydrogen-bond acceptors (Lipinski definition) is 3. The maximum atomic E-state index is 13.0. The summed E-state index contributed by atoms with van der Waals surface area (Å²) >= 11 is 0. The molecule has 4 heteroatoms. The number of carbonyl (C=O) groups excluding carboxylic acids is 1. The van der Waals surface area contributed by atoms with Gasteiger partial charge >= 0.3 is 0 Å². The number of pyridine rings is 1. The van der Waals surface area contributed by atoms with Crippen LogP contribution in [0.15, 0.2) is 30.3 Å². The number of hydrogen-bond donors (Lipinski definition) is 2. The van der Waals surface area contributed by atoms with Crippen LogP contribution < -0.4 is 11.1 Å². The Bertz CT molecular complexity index is 759. The Hall–Kier alpha value is -1.94. The van der Waals surface area contributed by atoms with E-state index in [1.165, 1.54) is 19.3 Å². The highest BCUT2D eigenvalue weighted by Gasteiger charge is 2.40. The standard InChI is InChI=1S/C20H25N3O/c1-12-8-9-13-4-3-7-17(19(13)22-12)20(24)23-18-14-5-2-6-15(18)11-16(21)10-14/h3-4,7-9,14-16,18H,2,5-6,10-11,21H2,1H3,(H,23,24). The van der Waals surface area contributed by atoms with Gasteiger partial charge in [-0.25, -0.2) is 0 Å². The van der Waals surface area contributed by atoms with Crippen molar-refractivity contribution >= 4 is 16.8 Å². The molecule has 2 aromatic rings. The van der Waals surface area contributed by atoms with Gasteiger partial charge < -0.3 is 11.1 Å². The number of amides is 1. The van der Waals surface area contributed by atoms with Gasteiger partial charge in [0, 0.05) is 23.2 Å². The van der Waals surface area contributed by atoms with Crippen molar-refractivity contribution < 1.29 is 4.79 Å². The minimum absolute atomic E-state index is 0.0103. The highest BCUT2D eigenvalue weighted by molar-refractivity contribution is 6.05. The third-order valence-electron chi connectivity index (χ3n) is 5.78. The van der Waals surface area contributed by atoms with Gasteiger partial charge in [0.05, 0.1) is 11.1 Å². The Morgan fingerprint density at radius 2 is 1.92 bits per heavy atom. The zero-order valence-electron chi connectivity index (χ0n) is 14.2. The summed E-state index contributed by atoms with van der Waals surface area (Å²) in [6, 6.07) is 10.4. The number of aryl methyl sites for hydroxylation is 1. The summed E-state index contributed by atoms with van der Waals surface area (Å²) in [5, 5.41) is 4.35. The lowest BCUT2D eigenvalue weighted by Gasteiger charge is -2.45. The second-order valence-electron chi connectivity index (χ2n) is 7.51. The number of nitrogens with two attached hydrogens (primary N) is 1. The first-order valence-corrected chi connectivity index (χ1v) is 9.04. The molecular formula is C20H25N3O. The molecule has 2 atom stereocenters. The topological polar surface area (TPSA) is 68.0 Å². The summed E-state index contributed by atoms with van der Waals surface area (Å²) in [5.74, 6) is 1.07. The Morgan fingerprint density at radius 3 is 2.67 bits per heavy atom. The number of benzene rings is 1. The van der Waals surface area contributed by atoms with E-state index in [0.717, 1.165) is 29.4 Å². The first-order valence-electron chi connectivity index (χ1n) is 9.04. The molecule has 0 saturated heterocycles. The van der Waals surface area contributed by atoms with Crippen molar-refractivity contribution in [3.05, 3.63) is 41.6 Å². The van der Waals surface area contributed by atoms with Crippen LogP contribution >= 0.6 is 0 Å². The molecular weight excluding hydrogens is 298 g/mol.